The Morgan fingerprint density at radius 1 is 0.879 bits per heavy atom. The molecule has 33 heavy (non-hydrogen) atoms. The number of ether oxygens (including phenoxy) is 2. The molecule has 0 amide bonds. The van der Waals surface area contributed by atoms with Crippen molar-refractivity contribution in [3.05, 3.63) is 89.8 Å². The highest BCUT2D eigenvalue weighted by atomic mass is 19.2. The van der Waals surface area contributed by atoms with Gasteiger partial charge in [-0.05, 0) is 54.7 Å². The highest BCUT2D eigenvalue weighted by Gasteiger charge is 2.25. The van der Waals surface area contributed by atoms with Gasteiger partial charge < -0.3 is 14.6 Å². The second-order valence-electron chi connectivity index (χ2n) is 8.08. The van der Waals surface area contributed by atoms with Crippen LogP contribution in [-0.4, -0.2) is 18.3 Å². The zero-order valence-electron chi connectivity index (χ0n) is 18.2. The van der Waals surface area contributed by atoms with Crippen LogP contribution in [0.4, 0.5) is 13.2 Å². The molecule has 0 saturated carbocycles. The quantitative estimate of drug-likeness (QED) is 0.402. The van der Waals surface area contributed by atoms with Crippen molar-refractivity contribution in [2.75, 3.05) is 13.2 Å². The number of hydrogen-bond donors (Lipinski definition) is 1. The fourth-order valence-electron chi connectivity index (χ4n) is 3.89. The number of aromatic hydroxyl groups is 1. The number of halogens is 3. The van der Waals surface area contributed by atoms with E-state index >= 15 is 0 Å². The monoisotopic (exact) mass is 454 g/mol. The van der Waals surface area contributed by atoms with Crippen molar-refractivity contribution in [3.8, 4) is 28.0 Å². The van der Waals surface area contributed by atoms with Crippen LogP contribution in [0.3, 0.4) is 0 Å². The molecule has 6 heteroatoms. The van der Waals surface area contributed by atoms with Crippen molar-refractivity contribution < 1.29 is 27.8 Å². The summed E-state index contributed by atoms with van der Waals surface area (Å²) in [5.74, 6) is -3.27. The molecule has 1 fully saturated rings. The molecular formula is C27H25F3O3. The van der Waals surface area contributed by atoms with Gasteiger partial charge in [0.1, 0.15) is 5.82 Å². The van der Waals surface area contributed by atoms with E-state index in [1.807, 2.05) is 13.0 Å². The Kier molecular flexibility index (Phi) is 7.16. The van der Waals surface area contributed by atoms with Crippen molar-refractivity contribution >= 4 is 0 Å². The summed E-state index contributed by atoms with van der Waals surface area (Å²) in [7, 11) is 0. The zero-order chi connectivity index (χ0) is 23.4. The van der Waals surface area contributed by atoms with Crippen LogP contribution in [0.2, 0.25) is 0 Å². The van der Waals surface area contributed by atoms with Crippen molar-refractivity contribution in [1.29, 1.82) is 0 Å². The smallest absolute Gasteiger partial charge is 0.200 e. The van der Waals surface area contributed by atoms with Crippen LogP contribution < -0.4 is 0 Å². The van der Waals surface area contributed by atoms with E-state index in [0.29, 0.717) is 35.8 Å². The average Bonchev–Trinajstić information content (AvgIpc) is 2.83. The van der Waals surface area contributed by atoms with E-state index in [1.54, 1.807) is 36.4 Å². The first-order chi connectivity index (χ1) is 16.0. The first-order valence-corrected chi connectivity index (χ1v) is 10.9. The van der Waals surface area contributed by atoms with E-state index in [4.69, 9.17) is 9.47 Å². The molecule has 3 nitrogen and oxygen atoms in total. The highest BCUT2D eigenvalue weighted by molar-refractivity contribution is 5.71. The molecule has 3 aromatic rings. The molecule has 4 rings (SSSR count). The van der Waals surface area contributed by atoms with E-state index in [-0.39, 0.29) is 5.56 Å². The van der Waals surface area contributed by atoms with E-state index < -0.39 is 29.5 Å². The maximum Gasteiger partial charge on any atom is 0.200 e. The highest BCUT2D eigenvalue weighted by Crippen LogP contribution is 2.33. The molecule has 1 heterocycles. The second kappa shape index (κ2) is 10.2. The summed E-state index contributed by atoms with van der Waals surface area (Å²) in [5.41, 5.74) is 2.19. The SMILES string of the molecule is C/C=C/CCC1COC(c2ccc(-c3ccc(-c4ccc(O)c(F)c4F)cc3)cc2F)OC1. The Labute approximate surface area is 191 Å². The van der Waals surface area contributed by atoms with Crippen LogP contribution >= 0.6 is 0 Å². The van der Waals surface area contributed by atoms with Crippen LogP contribution in [0.15, 0.2) is 66.7 Å². The molecule has 1 aliphatic rings. The minimum absolute atomic E-state index is 0.0361. The van der Waals surface area contributed by atoms with E-state index in [9.17, 15) is 18.3 Å². The molecule has 0 radical (unpaired) electrons. The summed E-state index contributed by atoms with van der Waals surface area (Å²) in [6.07, 6.45) is 5.33. The number of allylic oxidation sites excluding steroid dienone is 2. The standard InChI is InChI=1S/C27H25F3O3/c1-2-3-4-5-17-15-32-27(33-16-17)22-11-10-20(14-23(22)28)18-6-8-19(9-7-18)21-12-13-24(31)26(30)25(21)29/h2-3,6-14,17,27,31H,4-5,15-16H2,1H3/b3-2+. The van der Waals surface area contributed by atoms with Crippen LogP contribution in [0.25, 0.3) is 22.3 Å². The fourth-order valence-corrected chi connectivity index (χ4v) is 3.89. The first kappa shape index (κ1) is 23.1. The van der Waals surface area contributed by atoms with Gasteiger partial charge in [-0.1, -0.05) is 48.6 Å². The third-order valence-corrected chi connectivity index (χ3v) is 5.79. The lowest BCUT2D eigenvalue weighted by atomic mass is 9.98. The van der Waals surface area contributed by atoms with Crippen molar-refractivity contribution in [2.24, 2.45) is 5.92 Å². The van der Waals surface area contributed by atoms with E-state index in [0.717, 1.165) is 24.5 Å². The molecule has 0 aromatic heterocycles. The third-order valence-electron chi connectivity index (χ3n) is 5.79. The predicted molar refractivity (Wildman–Crippen MR) is 121 cm³/mol. The first-order valence-electron chi connectivity index (χ1n) is 10.9. The molecule has 1 aliphatic heterocycles. The molecular weight excluding hydrogens is 429 g/mol. The normalized spacial score (nSPS) is 18.7. The number of rotatable bonds is 6. The van der Waals surface area contributed by atoms with E-state index in [2.05, 4.69) is 6.08 Å². The molecule has 1 N–H and O–H groups in total. The Hall–Kier alpha value is -3.09. The van der Waals surface area contributed by atoms with Crippen molar-refractivity contribution in [3.63, 3.8) is 0 Å². The average molecular weight is 454 g/mol. The van der Waals surface area contributed by atoms with Gasteiger partial charge in [0.2, 0.25) is 5.82 Å². The fraction of sp³-hybridized carbons (Fsp3) is 0.259. The number of phenols is 1. The lowest BCUT2D eigenvalue weighted by Crippen LogP contribution is -2.27. The zero-order valence-corrected chi connectivity index (χ0v) is 18.2. The number of benzene rings is 3. The molecule has 1 saturated heterocycles. The lowest BCUT2D eigenvalue weighted by molar-refractivity contribution is -0.207. The van der Waals surface area contributed by atoms with Gasteiger partial charge in [-0.15, -0.1) is 0 Å². The molecule has 0 bridgehead atoms. The molecule has 3 aromatic carbocycles. The minimum Gasteiger partial charge on any atom is -0.505 e. The second-order valence-corrected chi connectivity index (χ2v) is 8.08. The number of phenolic OH excluding ortho intramolecular Hbond substituents is 1. The predicted octanol–water partition coefficient (Wildman–Crippen LogP) is 7.16. The van der Waals surface area contributed by atoms with Gasteiger partial charge in [0.25, 0.3) is 0 Å². The third kappa shape index (κ3) is 5.13. The summed E-state index contributed by atoms with van der Waals surface area (Å²) in [6, 6.07) is 13.9. The largest absolute Gasteiger partial charge is 0.505 e. The summed E-state index contributed by atoms with van der Waals surface area (Å²) in [5, 5.41) is 9.29. The molecule has 172 valence electrons. The Morgan fingerprint density at radius 3 is 2.21 bits per heavy atom. The van der Waals surface area contributed by atoms with Crippen LogP contribution in [0, 0.1) is 23.4 Å². The lowest BCUT2D eigenvalue weighted by Gasteiger charge is -2.29. The van der Waals surface area contributed by atoms with Gasteiger partial charge in [0.15, 0.2) is 17.9 Å². The Balaban J connectivity index is 1.46. The molecule has 0 spiro atoms. The van der Waals surface area contributed by atoms with Crippen molar-refractivity contribution in [2.45, 2.75) is 26.1 Å². The van der Waals surface area contributed by atoms with Crippen LogP contribution in [0.5, 0.6) is 5.75 Å². The summed E-state index contributed by atoms with van der Waals surface area (Å²) in [4.78, 5) is 0. The maximum absolute atomic E-state index is 14.9. The Bertz CT molecular complexity index is 1130. The van der Waals surface area contributed by atoms with Gasteiger partial charge in [-0.3, -0.25) is 0 Å². The van der Waals surface area contributed by atoms with Gasteiger partial charge in [-0.2, -0.15) is 4.39 Å². The van der Waals surface area contributed by atoms with Gasteiger partial charge in [-0.25, -0.2) is 8.78 Å². The van der Waals surface area contributed by atoms with Crippen LogP contribution in [0.1, 0.15) is 31.6 Å². The summed E-state index contributed by atoms with van der Waals surface area (Å²) < 4.78 is 54.2. The van der Waals surface area contributed by atoms with Gasteiger partial charge in [0.05, 0.1) is 13.2 Å². The topological polar surface area (TPSA) is 38.7 Å². The minimum atomic E-state index is -1.29. The Morgan fingerprint density at radius 2 is 1.55 bits per heavy atom. The molecule has 0 aliphatic carbocycles. The summed E-state index contributed by atoms with van der Waals surface area (Å²) in [6.45, 7) is 3.04. The van der Waals surface area contributed by atoms with Gasteiger partial charge in [0, 0.05) is 17.0 Å². The van der Waals surface area contributed by atoms with Gasteiger partial charge >= 0.3 is 0 Å². The maximum atomic E-state index is 14.9. The van der Waals surface area contributed by atoms with Crippen molar-refractivity contribution in [1.82, 2.24) is 0 Å². The molecule has 0 atom stereocenters. The number of hydrogen-bond acceptors (Lipinski definition) is 3. The van der Waals surface area contributed by atoms with Crippen LogP contribution in [-0.2, 0) is 9.47 Å². The molecule has 0 unspecified atom stereocenters. The van der Waals surface area contributed by atoms with E-state index in [1.165, 1.54) is 12.1 Å². The summed E-state index contributed by atoms with van der Waals surface area (Å²) >= 11 is 0.